The van der Waals surface area contributed by atoms with E-state index in [-0.39, 0.29) is 5.41 Å². The summed E-state index contributed by atoms with van der Waals surface area (Å²) in [7, 11) is 0. The van der Waals surface area contributed by atoms with Gasteiger partial charge >= 0.3 is 5.97 Å². The van der Waals surface area contributed by atoms with Crippen LogP contribution in [0, 0.1) is 17.0 Å². The van der Waals surface area contributed by atoms with Crippen LogP contribution in [0.25, 0.3) is 11.1 Å². The van der Waals surface area contributed by atoms with Crippen LogP contribution in [-0.4, -0.2) is 18.2 Å². The van der Waals surface area contributed by atoms with Crippen molar-refractivity contribution in [1.82, 2.24) is 0 Å². The second-order valence-corrected chi connectivity index (χ2v) is 7.85. The molecule has 0 aliphatic heterocycles. The number of benzene rings is 2. The van der Waals surface area contributed by atoms with Crippen LogP contribution in [0.5, 0.6) is 5.75 Å². The van der Waals surface area contributed by atoms with Gasteiger partial charge in [0.15, 0.2) is 5.60 Å². The van der Waals surface area contributed by atoms with Gasteiger partial charge in [-0.25, -0.2) is 13.6 Å². The Morgan fingerprint density at radius 2 is 1.63 bits per heavy atom. The highest BCUT2D eigenvalue weighted by molar-refractivity contribution is 5.79. The third-order valence-corrected chi connectivity index (χ3v) is 4.51. The lowest BCUT2D eigenvalue weighted by atomic mass is 9.92. The summed E-state index contributed by atoms with van der Waals surface area (Å²) in [4.78, 5) is 12.4. The number of hydrogen-bond acceptors (Lipinski definition) is 3. The Balaban J connectivity index is 2.07. The van der Waals surface area contributed by atoms with Gasteiger partial charge in [0.2, 0.25) is 0 Å². The van der Waals surface area contributed by atoms with Gasteiger partial charge in [-0.15, -0.1) is 0 Å². The minimum atomic E-state index is -1.16. The van der Waals surface area contributed by atoms with E-state index in [1.165, 1.54) is 12.1 Å². The number of carbonyl (C=O) groups excluding carboxylic acids is 1. The SMILES string of the molecule is CCC(C)(C)COC(=O)C(C)(C)Oc1ccc(-c2ccc(F)cc2F)cc1. The summed E-state index contributed by atoms with van der Waals surface area (Å²) in [6.07, 6.45) is 0.892. The minimum Gasteiger partial charge on any atom is -0.476 e. The van der Waals surface area contributed by atoms with Crippen molar-refractivity contribution in [3.8, 4) is 16.9 Å². The van der Waals surface area contributed by atoms with Crippen LogP contribution in [0.3, 0.4) is 0 Å². The molecule has 0 N–H and O–H groups in total. The lowest BCUT2D eigenvalue weighted by molar-refractivity contribution is -0.162. The van der Waals surface area contributed by atoms with Crippen LogP contribution in [0.4, 0.5) is 8.78 Å². The summed E-state index contributed by atoms with van der Waals surface area (Å²) in [6.45, 7) is 9.70. The molecule has 0 aliphatic rings. The average Bonchev–Trinajstić information content (AvgIpc) is 2.60. The third-order valence-electron chi connectivity index (χ3n) is 4.51. The predicted octanol–water partition coefficient (Wildman–Crippen LogP) is 5.77. The summed E-state index contributed by atoms with van der Waals surface area (Å²) in [5.41, 5.74) is -0.368. The van der Waals surface area contributed by atoms with Crippen LogP contribution in [-0.2, 0) is 9.53 Å². The molecule has 0 bridgehead atoms. The molecule has 2 rings (SSSR count). The zero-order valence-corrected chi connectivity index (χ0v) is 16.4. The third kappa shape index (κ3) is 5.52. The van der Waals surface area contributed by atoms with Crippen LogP contribution in [0.1, 0.15) is 41.0 Å². The lowest BCUT2D eigenvalue weighted by Gasteiger charge is -2.28. The summed E-state index contributed by atoms with van der Waals surface area (Å²) >= 11 is 0. The van der Waals surface area contributed by atoms with E-state index in [9.17, 15) is 13.6 Å². The Morgan fingerprint density at radius 3 is 2.19 bits per heavy atom. The lowest BCUT2D eigenvalue weighted by Crippen LogP contribution is -2.41. The van der Waals surface area contributed by atoms with Gasteiger partial charge in [-0.2, -0.15) is 0 Å². The Bertz CT molecular complexity index is 796. The molecule has 0 unspecified atom stereocenters. The minimum absolute atomic E-state index is 0.0907. The van der Waals surface area contributed by atoms with Gasteiger partial charge in [0.25, 0.3) is 0 Å². The first kappa shape index (κ1) is 20.9. The monoisotopic (exact) mass is 376 g/mol. The highest BCUT2D eigenvalue weighted by Crippen LogP contribution is 2.28. The van der Waals surface area contributed by atoms with Gasteiger partial charge in [-0.3, -0.25) is 0 Å². The first-order chi connectivity index (χ1) is 12.5. The maximum absolute atomic E-state index is 13.9. The molecule has 0 atom stereocenters. The summed E-state index contributed by atoms with van der Waals surface area (Å²) in [6, 6.07) is 10.0. The Kier molecular flexibility index (Phi) is 6.24. The molecule has 146 valence electrons. The first-order valence-electron chi connectivity index (χ1n) is 8.96. The average molecular weight is 376 g/mol. The molecule has 0 aliphatic carbocycles. The van der Waals surface area contributed by atoms with E-state index in [1.54, 1.807) is 38.1 Å². The smallest absolute Gasteiger partial charge is 0.349 e. The molecule has 0 fully saturated rings. The largest absolute Gasteiger partial charge is 0.476 e. The fourth-order valence-corrected chi connectivity index (χ4v) is 2.30. The second kappa shape index (κ2) is 8.07. The Morgan fingerprint density at radius 1 is 1.00 bits per heavy atom. The standard InChI is InChI=1S/C22H26F2O3/c1-6-21(2,3)14-26-20(25)22(4,5)27-17-10-7-15(8-11-17)18-12-9-16(23)13-19(18)24/h7-13H,6,14H2,1-5H3. The molecule has 0 heterocycles. The van der Waals surface area contributed by atoms with Gasteiger partial charge in [0, 0.05) is 11.6 Å². The number of carbonyl (C=O) groups is 1. The number of halogens is 2. The summed E-state index contributed by atoms with van der Waals surface area (Å²) in [5, 5.41) is 0. The van der Waals surface area contributed by atoms with Gasteiger partial charge in [0.05, 0.1) is 6.61 Å². The van der Waals surface area contributed by atoms with E-state index >= 15 is 0 Å². The Hall–Kier alpha value is -2.43. The maximum Gasteiger partial charge on any atom is 0.349 e. The van der Waals surface area contributed by atoms with Crippen molar-refractivity contribution in [3.05, 3.63) is 54.1 Å². The van der Waals surface area contributed by atoms with Crippen molar-refractivity contribution in [2.45, 2.75) is 46.6 Å². The molecule has 2 aromatic rings. The van der Waals surface area contributed by atoms with E-state index in [1.807, 2.05) is 20.8 Å². The normalized spacial score (nSPS) is 12.0. The quantitative estimate of drug-likeness (QED) is 0.576. The summed E-state index contributed by atoms with van der Waals surface area (Å²) in [5.74, 6) is -1.25. The van der Waals surface area contributed by atoms with E-state index in [0.29, 0.717) is 23.5 Å². The highest BCUT2D eigenvalue weighted by Gasteiger charge is 2.33. The van der Waals surface area contributed by atoms with Crippen LogP contribution >= 0.6 is 0 Å². The van der Waals surface area contributed by atoms with Crippen LogP contribution < -0.4 is 4.74 Å². The fourth-order valence-electron chi connectivity index (χ4n) is 2.30. The van der Waals surface area contributed by atoms with Gasteiger partial charge in [-0.1, -0.05) is 32.9 Å². The molecule has 0 radical (unpaired) electrons. The fraction of sp³-hybridized carbons (Fsp3) is 0.409. The van der Waals surface area contributed by atoms with Gasteiger partial charge in [0.1, 0.15) is 17.4 Å². The van der Waals surface area contributed by atoms with E-state index < -0.39 is 23.2 Å². The predicted molar refractivity (Wildman–Crippen MR) is 102 cm³/mol. The number of ether oxygens (including phenoxy) is 2. The zero-order valence-electron chi connectivity index (χ0n) is 16.4. The molecule has 0 spiro atoms. The van der Waals surface area contributed by atoms with E-state index in [0.717, 1.165) is 12.5 Å². The van der Waals surface area contributed by atoms with E-state index in [2.05, 4.69) is 0 Å². The van der Waals surface area contributed by atoms with Crippen molar-refractivity contribution < 1.29 is 23.0 Å². The molecular weight excluding hydrogens is 350 g/mol. The van der Waals surface area contributed by atoms with Crippen molar-refractivity contribution in [1.29, 1.82) is 0 Å². The topological polar surface area (TPSA) is 35.5 Å². The van der Waals surface area contributed by atoms with Crippen molar-refractivity contribution in [2.75, 3.05) is 6.61 Å². The molecule has 2 aromatic carbocycles. The van der Waals surface area contributed by atoms with Gasteiger partial charge < -0.3 is 9.47 Å². The number of esters is 1. The van der Waals surface area contributed by atoms with Crippen LogP contribution in [0.15, 0.2) is 42.5 Å². The Labute approximate surface area is 159 Å². The van der Waals surface area contributed by atoms with Crippen molar-refractivity contribution in [2.24, 2.45) is 5.41 Å². The summed E-state index contributed by atoms with van der Waals surface area (Å²) < 4.78 is 38.1. The number of rotatable bonds is 7. The van der Waals surface area contributed by atoms with Gasteiger partial charge in [-0.05, 0) is 55.5 Å². The molecule has 3 nitrogen and oxygen atoms in total. The maximum atomic E-state index is 13.9. The van der Waals surface area contributed by atoms with Crippen molar-refractivity contribution in [3.63, 3.8) is 0 Å². The molecule has 0 saturated heterocycles. The van der Waals surface area contributed by atoms with E-state index in [4.69, 9.17) is 9.47 Å². The second-order valence-electron chi connectivity index (χ2n) is 7.85. The first-order valence-corrected chi connectivity index (χ1v) is 8.96. The molecule has 0 aromatic heterocycles. The number of hydrogen-bond donors (Lipinski definition) is 0. The molecule has 5 heteroatoms. The highest BCUT2D eigenvalue weighted by atomic mass is 19.1. The molecule has 0 saturated carbocycles. The van der Waals surface area contributed by atoms with Crippen LogP contribution in [0.2, 0.25) is 0 Å². The molecular formula is C22H26F2O3. The van der Waals surface area contributed by atoms with Crippen molar-refractivity contribution >= 4 is 5.97 Å². The molecule has 0 amide bonds. The molecule has 27 heavy (non-hydrogen) atoms. The zero-order chi connectivity index (χ0) is 20.2.